The van der Waals surface area contributed by atoms with Gasteiger partial charge in [-0.15, -0.1) is 0 Å². The van der Waals surface area contributed by atoms with Gasteiger partial charge in [0, 0.05) is 7.05 Å². The Morgan fingerprint density at radius 3 is 2.50 bits per heavy atom. The number of aromatic nitrogens is 2. The number of hydrogen-bond donors (Lipinski definition) is 2. The zero-order valence-corrected chi connectivity index (χ0v) is 14.3. The lowest BCUT2D eigenvalue weighted by molar-refractivity contribution is -0.117. The highest BCUT2D eigenvalue weighted by Crippen LogP contribution is 2.18. The van der Waals surface area contributed by atoms with Crippen LogP contribution in [-0.2, 0) is 23.2 Å². The maximum absolute atomic E-state index is 12.2. The lowest BCUT2D eigenvalue weighted by Gasteiger charge is -2.14. The van der Waals surface area contributed by atoms with Crippen LogP contribution in [0.1, 0.15) is 23.9 Å². The first-order valence-electron chi connectivity index (χ1n) is 7.66. The predicted octanol–water partition coefficient (Wildman–Crippen LogP) is 2.29. The second-order valence-electron chi connectivity index (χ2n) is 5.59. The van der Waals surface area contributed by atoms with Crippen LogP contribution in [0.25, 0.3) is 0 Å². The second-order valence-corrected chi connectivity index (χ2v) is 5.59. The van der Waals surface area contributed by atoms with Crippen molar-refractivity contribution in [3.63, 3.8) is 0 Å². The van der Waals surface area contributed by atoms with Gasteiger partial charge in [-0.2, -0.15) is 5.10 Å². The molecule has 128 valence electrons. The molecule has 0 spiro atoms. The number of carbonyl (C=O) groups excluding carboxylic acids is 2. The maximum atomic E-state index is 12.2. The van der Waals surface area contributed by atoms with E-state index in [1.807, 2.05) is 44.2 Å². The van der Waals surface area contributed by atoms with Crippen LogP contribution in [0.5, 0.6) is 0 Å². The molecular weight excluding hydrogens is 308 g/mol. The van der Waals surface area contributed by atoms with Crippen molar-refractivity contribution in [2.24, 2.45) is 7.05 Å². The SMILES string of the molecule is Cc1nn(C)c(C)c1NC(=O)[C@@H](C)NC(=O)OCc1ccccc1. The molecule has 2 N–H and O–H groups in total. The number of alkyl carbamates (subject to hydrolysis) is 1. The Labute approximate surface area is 141 Å². The number of amides is 2. The molecule has 1 atom stereocenters. The molecule has 0 aliphatic carbocycles. The molecule has 7 nitrogen and oxygen atoms in total. The zero-order chi connectivity index (χ0) is 17.7. The van der Waals surface area contributed by atoms with Crippen LogP contribution in [0.3, 0.4) is 0 Å². The summed E-state index contributed by atoms with van der Waals surface area (Å²) >= 11 is 0. The van der Waals surface area contributed by atoms with Crippen molar-refractivity contribution in [1.29, 1.82) is 0 Å². The highest BCUT2D eigenvalue weighted by molar-refractivity contribution is 5.97. The van der Waals surface area contributed by atoms with E-state index in [0.717, 1.165) is 17.0 Å². The Balaban J connectivity index is 1.85. The molecule has 0 unspecified atom stereocenters. The third kappa shape index (κ3) is 4.34. The van der Waals surface area contributed by atoms with E-state index in [2.05, 4.69) is 15.7 Å². The van der Waals surface area contributed by atoms with E-state index >= 15 is 0 Å². The quantitative estimate of drug-likeness (QED) is 0.881. The van der Waals surface area contributed by atoms with Crippen molar-refractivity contribution in [1.82, 2.24) is 15.1 Å². The Morgan fingerprint density at radius 1 is 1.25 bits per heavy atom. The normalized spacial score (nSPS) is 11.7. The van der Waals surface area contributed by atoms with Gasteiger partial charge in [0.25, 0.3) is 0 Å². The molecule has 2 aromatic rings. The van der Waals surface area contributed by atoms with E-state index in [-0.39, 0.29) is 12.5 Å². The van der Waals surface area contributed by atoms with E-state index in [9.17, 15) is 9.59 Å². The van der Waals surface area contributed by atoms with Gasteiger partial charge in [0.2, 0.25) is 5.91 Å². The Kier molecular flexibility index (Phi) is 5.57. The molecular formula is C17H22N4O3. The molecule has 2 rings (SSSR count). The van der Waals surface area contributed by atoms with Crippen molar-refractivity contribution < 1.29 is 14.3 Å². The summed E-state index contributed by atoms with van der Waals surface area (Å²) in [6.45, 7) is 5.43. The maximum Gasteiger partial charge on any atom is 0.408 e. The molecule has 1 aromatic heterocycles. The summed E-state index contributed by atoms with van der Waals surface area (Å²) in [5, 5.41) is 9.54. The van der Waals surface area contributed by atoms with Crippen LogP contribution in [0.4, 0.5) is 10.5 Å². The molecule has 0 radical (unpaired) electrons. The summed E-state index contributed by atoms with van der Waals surface area (Å²) in [5.74, 6) is -0.328. The van der Waals surface area contributed by atoms with Crippen LogP contribution in [0.2, 0.25) is 0 Å². The highest BCUT2D eigenvalue weighted by atomic mass is 16.5. The summed E-state index contributed by atoms with van der Waals surface area (Å²) in [6.07, 6.45) is -0.638. The molecule has 0 saturated heterocycles. The van der Waals surface area contributed by atoms with Crippen LogP contribution >= 0.6 is 0 Å². The monoisotopic (exact) mass is 330 g/mol. The number of ether oxygens (including phenoxy) is 1. The lowest BCUT2D eigenvalue weighted by Crippen LogP contribution is -2.41. The van der Waals surface area contributed by atoms with Crippen LogP contribution in [0.15, 0.2) is 30.3 Å². The summed E-state index contributed by atoms with van der Waals surface area (Å²) in [6, 6.07) is 8.61. The summed E-state index contributed by atoms with van der Waals surface area (Å²) < 4.78 is 6.80. The lowest BCUT2D eigenvalue weighted by atomic mass is 10.2. The second kappa shape index (κ2) is 7.63. The first-order chi connectivity index (χ1) is 11.4. The third-order valence-corrected chi connectivity index (χ3v) is 3.70. The number of nitrogens with one attached hydrogen (secondary N) is 2. The minimum Gasteiger partial charge on any atom is -0.445 e. The van der Waals surface area contributed by atoms with Gasteiger partial charge in [0.05, 0.1) is 17.1 Å². The molecule has 0 bridgehead atoms. The van der Waals surface area contributed by atoms with Crippen LogP contribution < -0.4 is 10.6 Å². The minimum absolute atomic E-state index is 0.155. The number of aryl methyl sites for hydroxylation is 2. The molecule has 1 heterocycles. The molecule has 0 fully saturated rings. The van der Waals surface area contributed by atoms with Crippen LogP contribution in [-0.4, -0.2) is 27.8 Å². The average Bonchev–Trinajstić information content (AvgIpc) is 2.80. The first-order valence-corrected chi connectivity index (χ1v) is 7.66. The van der Waals surface area contributed by atoms with Gasteiger partial charge >= 0.3 is 6.09 Å². The predicted molar refractivity (Wildman–Crippen MR) is 90.5 cm³/mol. The average molecular weight is 330 g/mol. The van der Waals surface area contributed by atoms with E-state index in [1.165, 1.54) is 0 Å². The molecule has 24 heavy (non-hydrogen) atoms. The van der Waals surface area contributed by atoms with E-state index in [0.29, 0.717) is 5.69 Å². The molecule has 2 amide bonds. The molecule has 1 aromatic carbocycles. The topological polar surface area (TPSA) is 85.3 Å². The number of anilines is 1. The number of nitrogens with zero attached hydrogens (tertiary/aromatic N) is 2. The Hall–Kier alpha value is -2.83. The third-order valence-electron chi connectivity index (χ3n) is 3.70. The number of rotatable bonds is 5. The minimum atomic E-state index is -0.729. The van der Waals surface area contributed by atoms with Gasteiger partial charge in [-0.05, 0) is 26.3 Å². The molecule has 0 saturated carbocycles. The smallest absolute Gasteiger partial charge is 0.408 e. The van der Waals surface area contributed by atoms with Crippen molar-refractivity contribution in [2.45, 2.75) is 33.4 Å². The Bertz CT molecular complexity index is 725. The molecule has 0 aliphatic rings. The number of benzene rings is 1. The van der Waals surface area contributed by atoms with Gasteiger partial charge in [-0.3, -0.25) is 9.48 Å². The van der Waals surface area contributed by atoms with Crippen molar-refractivity contribution >= 4 is 17.7 Å². The van der Waals surface area contributed by atoms with Gasteiger partial charge in [0.15, 0.2) is 0 Å². The van der Waals surface area contributed by atoms with Gasteiger partial charge in [-0.1, -0.05) is 30.3 Å². The van der Waals surface area contributed by atoms with Crippen LogP contribution in [0, 0.1) is 13.8 Å². The fourth-order valence-electron chi connectivity index (χ4n) is 2.19. The standard InChI is InChI=1S/C17H22N4O3/c1-11-15(13(3)21(4)20-11)19-16(22)12(2)18-17(23)24-10-14-8-6-5-7-9-14/h5-9,12H,10H2,1-4H3,(H,18,23)(H,19,22)/t12-/m1/s1. The molecule has 7 heteroatoms. The fraction of sp³-hybridized carbons (Fsp3) is 0.353. The number of hydrogen-bond acceptors (Lipinski definition) is 4. The highest BCUT2D eigenvalue weighted by Gasteiger charge is 2.19. The van der Waals surface area contributed by atoms with Crippen molar-refractivity contribution in [3.8, 4) is 0 Å². The van der Waals surface area contributed by atoms with Crippen molar-refractivity contribution in [3.05, 3.63) is 47.3 Å². The van der Waals surface area contributed by atoms with Crippen molar-refractivity contribution in [2.75, 3.05) is 5.32 Å². The zero-order valence-electron chi connectivity index (χ0n) is 14.3. The first kappa shape index (κ1) is 17.5. The van der Waals surface area contributed by atoms with Gasteiger partial charge in [0.1, 0.15) is 12.6 Å². The fourth-order valence-corrected chi connectivity index (χ4v) is 2.19. The summed E-state index contributed by atoms with van der Waals surface area (Å²) in [5.41, 5.74) is 3.11. The van der Waals surface area contributed by atoms with Gasteiger partial charge in [-0.25, -0.2) is 4.79 Å². The molecule has 0 aliphatic heterocycles. The number of carbonyl (C=O) groups is 2. The summed E-state index contributed by atoms with van der Waals surface area (Å²) in [7, 11) is 1.81. The van der Waals surface area contributed by atoms with E-state index < -0.39 is 12.1 Å². The largest absolute Gasteiger partial charge is 0.445 e. The summed E-state index contributed by atoms with van der Waals surface area (Å²) in [4.78, 5) is 24.0. The Morgan fingerprint density at radius 2 is 1.92 bits per heavy atom. The van der Waals surface area contributed by atoms with E-state index in [1.54, 1.807) is 18.7 Å². The van der Waals surface area contributed by atoms with E-state index in [4.69, 9.17) is 4.74 Å². The van der Waals surface area contributed by atoms with Gasteiger partial charge < -0.3 is 15.4 Å².